The molecule has 0 saturated heterocycles. The maximum absolute atomic E-state index is 12.4. The largest absolute Gasteiger partial charge is 0.343 e. The monoisotopic (exact) mass is 362 g/mol. The van der Waals surface area contributed by atoms with Crippen LogP contribution in [0, 0.1) is 26.2 Å². The molecular weight excluding hydrogens is 332 g/mol. The molecule has 3 heteroatoms. The molecule has 0 aliphatic rings. The van der Waals surface area contributed by atoms with Crippen molar-refractivity contribution < 1.29 is 4.79 Å². The van der Waals surface area contributed by atoms with E-state index in [0.717, 1.165) is 23.4 Å². The number of hydrogen-bond acceptors (Lipinski definition) is 1. The van der Waals surface area contributed by atoms with Gasteiger partial charge in [-0.3, -0.25) is 4.79 Å². The number of amides is 1. The lowest BCUT2D eigenvalue weighted by atomic mass is 9.92. The second kappa shape index (κ2) is 7.22. The van der Waals surface area contributed by atoms with Gasteiger partial charge in [-0.05, 0) is 55.0 Å². The van der Waals surface area contributed by atoms with Gasteiger partial charge in [0.2, 0.25) is 5.91 Å². The Morgan fingerprint density at radius 3 is 2.33 bits per heavy atom. The summed E-state index contributed by atoms with van der Waals surface area (Å²) in [6.07, 6.45) is 2.65. The Morgan fingerprint density at radius 2 is 1.70 bits per heavy atom. The molecule has 27 heavy (non-hydrogen) atoms. The van der Waals surface area contributed by atoms with Crippen LogP contribution in [0.15, 0.2) is 42.6 Å². The highest BCUT2D eigenvalue weighted by atomic mass is 16.1. The molecule has 2 aromatic carbocycles. The molecule has 0 radical (unpaired) electrons. The summed E-state index contributed by atoms with van der Waals surface area (Å²) in [6, 6.07) is 13.0. The number of aryl methyl sites for hydroxylation is 3. The van der Waals surface area contributed by atoms with Gasteiger partial charge in [-0.15, -0.1) is 0 Å². The standard InChI is InChI=1S/C24H30N2O/c1-16-7-9-19(10-8-16)15-26-12-11-20-18(3)23(17(2)13-21(20)26)25-22(27)14-24(4,5)6/h7-13H,14-15H2,1-6H3,(H,25,27). The molecule has 1 N–H and O–H groups in total. The Bertz CT molecular complexity index is 972. The third-order valence-electron chi connectivity index (χ3n) is 4.96. The van der Waals surface area contributed by atoms with Gasteiger partial charge in [0.05, 0.1) is 0 Å². The number of hydrogen-bond donors (Lipinski definition) is 1. The first-order valence-electron chi connectivity index (χ1n) is 9.58. The van der Waals surface area contributed by atoms with Crippen LogP contribution in [-0.2, 0) is 11.3 Å². The van der Waals surface area contributed by atoms with E-state index in [2.05, 4.69) is 94.0 Å². The molecule has 0 atom stereocenters. The summed E-state index contributed by atoms with van der Waals surface area (Å²) >= 11 is 0. The lowest BCUT2D eigenvalue weighted by Gasteiger charge is -2.19. The minimum atomic E-state index is -0.0205. The Morgan fingerprint density at radius 1 is 1.04 bits per heavy atom. The van der Waals surface area contributed by atoms with Gasteiger partial charge in [0.25, 0.3) is 0 Å². The number of carbonyl (C=O) groups excluding carboxylic acids is 1. The summed E-state index contributed by atoms with van der Waals surface area (Å²) in [7, 11) is 0. The molecule has 0 fully saturated rings. The molecule has 0 aliphatic heterocycles. The predicted molar refractivity (Wildman–Crippen MR) is 114 cm³/mol. The number of nitrogens with one attached hydrogen (secondary N) is 1. The fourth-order valence-electron chi connectivity index (χ4n) is 3.56. The first-order valence-corrected chi connectivity index (χ1v) is 9.58. The molecule has 3 rings (SSSR count). The minimum Gasteiger partial charge on any atom is -0.343 e. The zero-order chi connectivity index (χ0) is 19.8. The first-order chi connectivity index (χ1) is 12.6. The van der Waals surface area contributed by atoms with Crippen molar-refractivity contribution in [2.75, 3.05) is 5.32 Å². The Hall–Kier alpha value is -2.55. The van der Waals surface area contributed by atoms with Crippen LogP contribution in [0.3, 0.4) is 0 Å². The van der Waals surface area contributed by atoms with Crippen molar-refractivity contribution in [2.24, 2.45) is 5.41 Å². The Labute approximate surface area is 162 Å². The molecule has 0 aliphatic carbocycles. The second-order valence-corrected chi connectivity index (χ2v) is 8.84. The van der Waals surface area contributed by atoms with E-state index in [1.807, 2.05) is 0 Å². The number of benzene rings is 2. The van der Waals surface area contributed by atoms with Crippen molar-refractivity contribution >= 4 is 22.5 Å². The fraction of sp³-hybridized carbons (Fsp3) is 0.375. The van der Waals surface area contributed by atoms with Gasteiger partial charge in [-0.2, -0.15) is 0 Å². The molecule has 1 amide bonds. The van der Waals surface area contributed by atoms with Gasteiger partial charge >= 0.3 is 0 Å². The molecule has 142 valence electrons. The predicted octanol–water partition coefficient (Wildman–Crippen LogP) is 5.99. The third-order valence-corrected chi connectivity index (χ3v) is 4.96. The number of carbonyl (C=O) groups is 1. The van der Waals surface area contributed by atoms with Gasteiger partial charge in [-0.25, -0.2) is 0 Å². The van der Waals surface area contributed by atoms with E-state index in [1.165, 1.54) is 22.0 Å². The quantitative estimate of drug-likeness (QED) is 0.608. The van der Waals surface area contributed by atoms with Gasteiger partial charge in [0.1, 0.15) is 0 Å². The number of aromatic nitrogens is 1. The number of nitrogens with zero attached hydrogens (tertiary/aromatic N) is 1. The summed E-state index contributed by atoms with van der Waals surface area (Å²) in [5, 5.41) is 4.34. The van der Waals surface area contributed by atoms with Crippen molar-refractivity contribution in [1.82, 2.24) is 4.57 Å². The average Bonchev–Trinajstić information content (AvgIpc) is 2.95. The van der Waals surface area contributed by atoms with Crippen molar-refractivity contribution in [3.8, 4) is 0 Å². The van der Waals surface area contributed by atoms with Gasteiger partial charge < -0.3 is 9.88 Å². The summed E-state index contributed by atoms with van der Waals surface area (Å²) in [5.74, 6) is 0.0761. The van der Waals surface area contributed by atoms with E-state index >= 15 is 0 Å². The minimum absolute atomic E-state index is 0.0205. The second-order valence-electron chi connectivity index (χ2n) is 8.84. The lowest BCUT2D eigenvalue weighted by molar-refractivity contribution is -0.117. The zero-order valence-electron chi connectivity index (χ0n) is 17.3. The van der Waals surface area contributed by atoms with E-state index in [0.29, 0.717) is 6.42 Å². The van der Waals surface area contributed by atoms with E-state index < -0.39 is 0 Å². The molecule has 3 nitrogen and oxygen atoms in total. The van der Waals surface area contributed by atoms with Crippen molar-refractivity contribution in [3.05, 3.63) is 64.8 Å². The van der Waals surface area contributed by atoms with Crippen molar-refractivity contribution in [3.63, 3.8) is 0 Å². The van der Waals surface area contributed by atoms with E-state index in [9.17, 15) is 4.79 Å². The van der Waals surface area contributed by atoms with Crippen LogP contribution >= 0.6 is 0 Å². The highest BCUT2D eigenvalue weighted by molar-refractivity contribution is 5.98. The van der Waals surface area contributed by atoms with Gasteiger partial charge in [0, 0.05) is 35.8 Å². The maximum atomic E-state index is 12.4. The highest BCUT2D eigenvalue weighted by Gasteiger charge is 2.18. The van der Waals surface area contributed by atoms with Crippen LogP contribution in [0.2, 0.25) is 0 Å². The van der Waals surface area contributed by atoms with Crippen LogP contribution < -0.4 is 5.32 Å². The molecule has 0 saturated carbocycles. The van der Waals surface area contributed by atoms with E-state index in [4.69, 9.17) is 0 Å². The maximum Gasteiger partial charge on any atom is 0.224 e. The summed E-state index contributed by atoms with van der Waals surface area (Å²) in [6.45, 7) is 13.4. The normalized spacial score (nSPS) is 11.8. The molecule has 1 aromatic heterocycles. The van der Waals surface area contributed by atoms with Crippen LogP contribution in [0.5, 0.6) is 0 Å². The summed E-state index contributed by atoms with van der Waals surface area (Å²) in [4.78, 5) is 12.4. The number of rotatable bonds is 4. The molecular formula is C24H30N2O. The van der Waals surface area contributed by atoms with Gasteiger partial charge in [-0.1, -0.05) is 50.6 Å². The Kier molecular flexibility index (Phi) is 5.14. The first kappa shape index (κ1) is 19.2. The molecule has 3 aromatic rings. The van der Waals surface area contributed by atoms with Crippen LogP contribution in [0.4, 0.5) is 5.69 Å². The topological polar surface area (TPSA) is 34.0 Å². The van der Waals surface area contributed by atoms with Crippen LogP contribution in [0.1, 0.15) is 49.4 Å². The molecule has 1 heterocycles. The molecule has 0 unspecified atom stereocenters. The summed E-state index contributed by atoms with van der Waals surface area (Å²) in [5.41, 5.74) is 6.94. The highest BCUT2D eigenvalue weighted by Crippen LogP contribution is 2.31. The van der Waals surface area contributed by atoms with Gasteiger partial charge in [0.15, 0.2) is 0 Å². The SMILES string of the molecule is Cc1ccc(Cn2ccc3c(C)c(NC(=O)CC(C)(C)C)c(C)cc32)cc1. The fourth-order valence-corrected chi connectivity index (χ4v) is 3.56. The summed E-state index contributed by atoms with van der Waals surface area (Å²) < 4.78 is 2.28. The Balaban J connectivity index is 1.92. The van der Waals surface area contributed by atoms with Crippen LogP contribution in [0.25, 0.3) is 10.9 Å². The number of fused-ring (bicyclic) bond motifs is 1. The number of anilines is 1. The van der Waals surface area contributed by atoms with E-state index in [-0.39, 0.29) is 11.3 Å². The van der Waals surface area contributed by atoms with Crippen molar-refractivity contribution in [1.29, 1.82) is 0 Å². The molecule has 0 bridgehead atoms. The van der Waals surface area contributed by atoms with Crippen molar-refractivity contribution in [2.45, 2.75) is 54.5 Å². The zero-order valence-corrected chi connectivity index (χ0v) is 17.3. The smallest absolute Gasteiger partial charge is 0.224 e. The van der Waals surface area contributed by atoms with Crippen LogP contribution in [-0.4, -0.2) is 10.5 Å². The van der Waals surface area contributed by atoms with E-state index in [1.54, 1.807) is 0 Å². The molecule has 0 spiro atoms. The lowest BCUT2D eigenvalue weighted by Crippen LogP contribution is -2.20. The average molecular weight is 363 g/mol. The third kappa shape index (κ3) is 4.41.